The average Bonchev–Trinajstić information content (AvgIpc) is 2.96. The molecule has 0 bridgehead atoms. The first-order valence-corrected chi connectivity index (χ1v) is 11.2. The molecule has 2 aromatic carbocycles. The number of ether oxygens (including phenoxy) is 1. The quantitative estimate of drug-likeness (QED) is 0.626. The molecule has 0 radical (unpaired) electrons. The summed E-state index contributed by atoms with van der Waals surface area (Å²) in [5, 5.41) is 3.94. The molecular formula is C21H21Cl2N3O4S. The molecule has 7 nitrogen and oxygen atoms in total. The van der Waals surface area contributed by atoms with Crippen LogP contribution in [0.3, 0.4) is 0 Å². The minimum Gasteiger partial charge on any atom is -0.493 e. The summed E-state index contributed by atoms with van der Waals surface area (Å²) >= 11 is 13.7. The van der Waals surface area contributed by atoms with E-state index in [9.17, 15) is 14.4 Å². The van der Waals surface area contributed by atoms with Crippen molar-refractivity contribution >= 4 is 58.4 Å². The molecule has 1 saturated heterocycles. The van der Waals surface area contributed by atoms with E-state index in [4.69, 9.17) is 27.9 Å². The van der Waals surface area contributed by atoms with E-state index in [1.165, 1.54) is 29.8 Å². The van der Waals surface area contributed by atoms with Crippen LogP contribution in [-0.4, -0.2) is 34.6 Å². The summed E-state index contributed by atoms with van der Waals surface area (Å²) in [5.41, 5.74) is 4.09. The van der Waals surface area contributed by atoms with Gasteiger partial charge >= 0.3 is 0 Å². The molecule has 2 atom stereocenters. The number of rotatable bonds is 6. The Kier molecular flexibility index (Phi) is 7.35. The van der Waals surface area contributed by atoms with Gasteiger partial charge in [0.2, 0.25) is 5.91 Å². The van der Waals surface area contributed by atoms with E-state index in [1.54, 1.807) is 44.2 Å². The van der Waals surface area contributed by atoms with E-state index >= 15 is 0 Å². The van der Waals surface area contributed by atoms with Gasteiger partial charge in [0, 0.05) is 34.3 Å². The number of hydrazine groups is 1. The maximum absolute atomic E-state index is 13.1. The van der Waals surface area contributed by atoms with Crippen molar-refractivity contribution in [3.8, 4) is 5.75 Å². The van der Waals surface area contributed by atoms with Crippen LogP contribution in [0.25, 0.3) is 0 Å². The Bertz CT molecular complexity index is 1030. The summed E-state index contributed by atoms with van der Waals surface area (Å²) in [6, 6.07) is 9.71. The number of carbonyl (C=O) groups excluding carboxylic acids is 3. The molecule has 1 aliphatic heterocycles. The average molecular weight is 482 g/mol. The molecule has 1 heterocycles. The third-order valence-electron chi connectivity index (χ3n) is 4.45. The van der Waals surface area contributed by atoms with E-state index < -0.39 is 11.3 Å². The fourth-order valence-electron chi connectivity index (χ4n) is 3.09. The molecule has 2 aromatic rings. The van der Waals surface area contributed by atoms with Crippen LogP contribution < -0.4 is 15.5 Å². The highest BCUT2D eigenvalue weighted by Crippen LogP contribution is 2.44. The Morgan fingerprint density at radius 2 is 1.94 bits per heavy atom. The van der Waals surface area contributed by atoms with Gasteiger partial charge in [-0.1, -0.05) is 29.3 Å². The molecule has 3 rings (SSSR count). The number of nitrogens with one attached hydrogen (secondary N) is 2. The smallest absolute Gasteiger partial charge is 0.273 e. The van der Waals surface area contributed by atoms with E-state index in [1.807, 2.05) is 0 Å². The summed E-state index contributed by atoms with van der Waals surface area (Å²) in [6.45, 7) is 5.26. The topological polar surface area (TPSA) is 87.7 Å². The third kappa shape index (κ3) is 5.26. The van der Waals surface area contributed by atoms with Crippen molar-refractivity contribution in [2.45, 2.75) is 31.4 Å². The largest absolute Gasteiger partial charge is 0.493 e. The molecule has 164 valence electrons. The van der Waals surface area contributed by atoms with Gasteiger partial charge in [-0.25, -0.2) is 5.01 Å². The predicted octanol–water partition coefficient (Wildman–Crippen LogP) is 4.66. The van der Waals surface area contributed by atoms with E-state index in [0.717, 1.165) is 0 Å². The summed E-state index contributed by atoms with van der Waals surface area (Å²) in [7, 11) is 0. The van der Waals surface area contributed by atoms with Crippen LogP contribution in [0.15, 0.2) is 36.4 Å². The fourth-order valence-corrected chi connectivity index (χ4v) is 4.91. The Labute approximate surface area is 194 Å². The highest BCUT2D eigenvalue weighted by atomic mass is 35.5. The van der Waals surface area contributed by atoms with Gasteiger partial charge in [-0.2, -0.15) is 0 Å². The SMILES string of the molecule is CCOc1cc(NC(C)=O)ccc1C(=O)NN1C(=O)[C@H](C)S[C@@H]1c1ccc(Cl)cc1Cl. The Morgan fingerprint density at radius 1 is 1.19 bits per heavy atom. The normalized spacial score (nSPS) is 18.1. The van der Waals surface area contributed by atoms with Gasteiger partial charge in [0.1, 0.15) is 11.1 Å². The minimum absolute atomic E-state index is 0.231. The molecule has 1 aliphatic rings. The van der Waals surface area contributed by atoms with Crippen LogP contribution >= 0.6 is 35.0 Å². The van der Waals surface area contributed by atoms with Crippen LogP contribution in [0, 0.1) is 0 Å². The molecule has 0 aliphatic carbocycles. The van der Waals surface area contributed by atoms with Gasteiger partial charge in [0.05, 0.1) is 17.4 Å². The summed E-state index contributed by atoms with van der Waals surface area (Å²) in [6.07, 6.45) is 0. The first kappa shape index (κ1) is 23.2. The second-order valence-electron chi connectivity index (χ2n) is 6.77. The number of hydrogen-bond acceptors (Lipinski definition) is 5. The zero-order chi connectivity index (χ0) is 22.7. The molecule has 0 spiro atoms. The molecule has 0 aromatic heterocycles. The zero-order valence-electron chi connectivity index (χ0n) is 17.1. The monoisotopic (exact) mass is 481 g/mol. The zero-order valence-corrected chi connectivity index (χ0v) is 19.4. The molecule has 2 N–H and O–H groups in total. The molecule has 3 amide bonds. The molecule has 1 fully saturated rings. The lowest BCUT2D eigenvalue weighted by molar-refractivity contribution is -0.132. The number of amides is 3. The third-order valence-corrected chi connectivity index (χ3v) is 6.34. The lowest BCUT2D eigenvalue weighted by Gasteiger charge is -2.25. The maximum atomic E-state index is 13.1. The maximum Gasteiger partial charge on any atom is 0.273 e. The van der Waals surface area contributed by atoms with Crippen molar-refractivity contribution in [1.82, 2.24) is 10.4 Å². The first-order chi connectivity index (χ1) is 14.7. The Balaban J connectivity index is 1.89. The number of benzene rings is 2. The molecule has 31 heavy (non-hydrogen) atoms. The highest BCUT2D eigenvalue weighted by Gasteiger charge is 2.41. The van der Waals surface area contributed by atoms with Gasteiger partial charge in [-0.3, -0.25) is 19.8 Å². The molecular weight excluding hydrogens is 461 g/mol. The van der Waals surface area contributed by atoms with Crippen LogP contribution in [0.1, 0.15) is 42.1 Å². The lowest BCUT2D eigenvalue weighted by atomic mass is 10.1. The standard InChI is InChI=1S/C21H21Cl2N3O4S/c1-4-30-18-10-14(24-12(3)27)6-8-16(18)19(28)25-26-20(29)11(2)31-21(26)15-7-5-13(22)9-17(15)23/h5-11,21H,4H2,1-3H3,(H,24,27)(H,25,28)/t11-,21+/m0/s1. The highest BCUT2D eigenvalue weighted by molar-refractivity contribution is 8.01. The minimum atomic E-state index is -0.518. The van der Waals surface area contributed by atoms with Crippen molar-refractivity contribution in [3.63, 3.8) is 0 Å². The van der Waals surface area contributed by atoms with Gasteiger partial charge in [-0.05, 0) is 38.1 Å². The van der Waals surface area contributed by atoms with Gasteiger partial charge < -0.3 is 10.1 Å². The van der Waals surface area contributed by atoms with E-state index in [2.05, 4.69) is 10.7 Å². The Hall–Kier alpha value is -2.42. The van der Waals surface area contributed by atoms with Crippen LogP contribution in [0.4, 0.5) is 5.69 Å². The van der Waals surface area contributed by atoms with Gasteiger partial charge in [0.15, 0.2) is 0 Å². The number of carbonyl (C=O) groups is 3. The summed E-state index contributed by atoms with van der Waals surface area (Å²) in [4.78, 5) is 37.1. The van der Waals surface area contributed by atoms with E-state index in [0.29, 0.717) is 33.7 Å². The van der Waals surface area contributed by atoms with Crippen molar-refractivity contribution in [1.29, 1.82) is 0 Å². The number of nitrogens with zero attached hydrogens (tertiary/aromatic N) is 1. The van der Waals surface area contributed by atoms with Crippen LogP contribution in [0.2, 0.25) is 10.0 Å². The Morgan fingerprint density at radius 3 is 2.58 bits per heavy atom. The summed E-state index contributed by atoms with van der Waals surface area (Å²) in [5.74, 6) is -0.714. The first-order valence-electron chi connectivity index (χ1n) is 9.50. The second-order valence-corrected chi connectivity index (χ2v) is 9.04. The second kappa shape index (κ2) is 9.80. The van der Waals surface area contributed by atoms with Crippen LogP contribution in [0.5, 0.6) is 5.75 Å². The number of halogens is 2. The van der Waals surface area contributed by atoms with Crippen LogP contribution in [-0.2, 0) is 9.59 Å². The lowest BCUT2D eigenvalue weighted by Crippen LogP contribution is -2.45. The summed E-state index contributed by atoms with van der Waals surface area (Å²) < 4.78 is 5.58. The van der Waals surface area contributed by atoms with Crippen molar-refractivity contribution in [2.24, 2.45) is 0 Å². The van der Waals surface area contributed by atoms with Crippen molar-refractivity contribution in [3.05, 3.63) is 57.6 Å². The molecule has 10 heteroatoms. The van der Waals surface area contributed by atoms with E-state index in [-0.39, 0.29) is 22.6 Å². The predicted molar refractivity (Wildman–Crippen MR) is 122 cm³/mol. The van der Waals surface area contributed by atoms with Crippen molar-refractivity contribution in [2.75, 3.05) is 11.9 Å². The number of hydrogen-bond donors (Lipinski definition) is 2. The van der Waals surface area contributed by atoms with Crippen molar-refractivity contribution < 1.29 is 19.1 Å². The molecule has 0 unspecified atom stereocenters. The van der Waals surface area contributed by atoms with Gasteiger partial charge in [-0.15, -0.1) is 11.8 Å². The van der Waals surface area contributed by atoms with Gasteiger partial charge in [0.25, 0.3) is 11.8 Å². The number of thioether (sulfide) groups is 1. The fraction of sp³-hybridized carbons (Fsp3) is 0.286. The molecule has 0 saturated carbocycles. The number of anilines is 1.